The van der Waals surface area contributed by atoms with Gasteiger partial charge in [-0.1, -0.05) is 6.07 Å². The van der Waals surface area contributed by atoms with Crippen molar-refractivity contribution < 1.29 is 14.3 Å². The molecule has 0 aromatic carbocycles. The number of nitrogens with zero attached hydrogens (tertiary/aromatic N) is 4. The summed E-state index contributed by atoms with van der Waals surface area (Å²) in [5.74, 6) is -0.385. The molecule has 1 aliphatic heterocycles. The molecule has 146 valence electrons. The van der Waals surface area contributed by atoms with Crippen LogP contribution in [0.15, 0.2) is 30.6 Å². The molecule has 0 radical (unpaired) electrons. The summed E-state index contributed by atoms with van der Waals surface area (Å²) in [6, 6.07) is 5.43. The van der Waals surface area contributed by atoms with Gasteiger partial charge in [0, 0.05) is 32.0 Å². The Morgan fingerprint density at radius 3 is 3.04 bits per heavy atom. The van der Waals surface area contributed by atoms with Gasteiger partial charge in [0.1, 0.15) is 5.65 Å². The molecule has 1 fully saturated rings. The zero-order chi connectivity index (χ0) is 19.4. The lowest BCUT2D eigenvalue weighted by atomic mass is 10.2. The number of carbonyl (C=O) groups is 2. The maximum absolute atomic E-state index is 12.6. The number of aromatic nitrogens is 2. The first-order valence-corrected chi connectivity index (χ1v) is 9.00. The van der Waals surface area contributed by atoms with Crippen molar-refractivity contribution in [2.24, 2.45) is 5.73 Å². The number of hydrogen-bond acceptors (Lipinski definition) is 5. The number of fused-ring (bicyclic) bond motifs is 1. The first kappa shape index (κ1) is 19.1. The molecule has 1 saturated heterocycles. The zero-order valence-corrected chi connectivity index (χ0v) is 15.7. The van der Waals surface area contributed by atoms with Crippen LogP contribution in [0.3, 0.4) is 0 Å². The van der Waals surface area contributed by atoms with E-state index in [0.717, 1.165) is 11.3 Å². The van der Waals surface area contributed by atoms with Gasteiger partial charge < -0.3 is 25.1 Å². The van der Waals surface area contributed by atoms with Gasteiger partial charge in [-0.15, -0.1) is 0 Å². The van der Waals surface area contributed by atoms with Crippen molar-refractivity contribution in [3.8, 4) is 0 Å². The summed E-state index contributed by atoms with van der Waals surface area (Å²) in [6.45, 7) is 4.07. The average molecular weight is 374 g/mol. The van der Waals surface area contributed by atoms with E-state index in [0.29, 0.717) is 26.2 Å². The quantitative estimate of drug-likeness (QED) is 0.753. The van der Waals surface area contributed by atoms with Gasteiger partial charge in [-0.3, -0.25) is 9.69 Å². The summed E-state index contributed by atoms with van der Waals surface area (Å²) in [7, 11) is 1.80. The largest absolute Gasteiger partial charge is 0.373 e. The fraction of sp³-hybridized carbons (Fsp3) is 0.500. The molecule has 1 aliphatic rings. The maximum atomic E-state index is 12.6. The smallest absolute Gasteiger partial charge is 0.318 e. The fourth-order valence-electron chi connectivity index (χ4n) is 3.21. The molecule has 0 bridgehead atoms. The number of primary amides is 1. The predicted octanol–water partition coefficient (Wildman–Crippen LogP) is 0.223. The van der Waals surface area contributed by atoms with E-state index in [2.05, 4.69) is 10.3 Å². The Balaban J connectivity index is 1.55. The van der Waals surface area contributed by atoms with Crippen LogP contribution in [-0.2, 0) is 9.53 Å². The van der Waals surface area contributed by atoms with E-state index in [9.17, 15) is 9.59 Å². The van der Waals surface area contributed by atoms with Crippen molar-refractivity contribution in [3.05, 3.63) is 36.3 Å². The van der Waals surface area contributed by atoms with Crippen LogP contribution in [0.4, 0.5) is 4.79 Å². The molecule has 9 heteroatoms. The number of ether oxygens (including phenoxy) is 1. The first-order valence-electron chi connectivity index (χ1n) is 9.00. The van der Waals surface area contributed by atoms with Crippen LogP contribution in [0.5, 0.6) is 0 Å². The third-order valence-corrected chi connectivity index (χ3v) is 4.53. The summed E-state index contributed by atoms with van der Waals surface area (Å²) in [5, 5.41) is 3.00. The molecule has 2 aromatic heterocycles. The van der Waals surface area contributed by atoms with Crippen LogP contribution in [-0.4, -0.2) is 77.1 Å². The van der Waals surface area contributed by atoms with Gasteiger partial charge in [-0.2, -0.15) is 0 Å². The highest BCUT2D eigenvalue weighted by Gasteiger charge is 2.26. The van der Waals surface area contributed by atoms with E-state index in [4.69, 9.17) is 10.5 Å². The molecule has 3 rings (SSSR count). The van der Waals surface area contributed by atoms with E-state index >= 15 is 0 Å². The van der Waals surface area contributed by atoms with E-state index in [1.807, 2.05) is 41.9 Å². The number of carbonyl (C=O) groups excluding carboxylic acids is 2. The van der Waals surface area contributed by atoms with Gasteiger partial charge in [0.15, 0.2) is 0 Å². The Hall–Kier alpha value is -2.65. The van der Waals surface area contributed by atoms with E-state index in [1.165, 1.54) is 0 Å². The predicted molar refractivity (Wildman–Crippen MR) is 100 cm³/mol. The summed E-state index contributed by atoms with van der Waals surface area (Å²) >= 11 is 0. The number of nitrogens with two attached hydrogens (primary N) is 1. The lowest BCUT2D eigenvalue weighted by Gasteiger charge is -2.35. The van der Waals surface area contributed by atoms with Crippen molar-refractivity contribution in [1.29, 1.82) is 0 Å². The fourth-order valence-corrected chi connectivity index (χ4v) is 3.21. The number of imidazole rings is 1. The minimum Gasteiger partial charge on any atom is -0.373 e. The van der Waals surface area contributed by atoms with Crippen molar-refractivity contribution in [3.63, 3.8) is 0 Å². The second kappa shape index (κ2) is 8.36. The molecule has 0 aliphatic carbocycles. The Kier molecular flexibility index (Phi) is 5.92. The second-order valence-electron chi connectivity index (χ2n) is 6.90. The highest BCUT2D eigenvalue weighted by Crippen LogP contribution is 2.14. The van der Waals surface area contributed by atoms with Gasteiger partial charge in [-0.25, -0.2) is 9.78 Å². The molecule has 3 amide bonds. The lowest BCUT2D eigenvalue weighted by Crippen LogP contribution is -2.52. The Morgan fingerprint density at radius 2 is 2.30 bits per heavy atom. The maximum Gasteiger partial charge on any atom is 0.318 e. The third kappa shape index (κ3) is 4.95. The number of pyridine rings is 1. The van der Waals surface area contributed by atoms with Crippen molar-refractivity contribution in [2.75, 3.05) is 39.8 Å². The Bertz CT molecular complexity index is 774. The molecule has 2 atom stereocenters. The summed E-state index contributed by atoms with van der Waals surface area (Å²) in [5.41, 5.74) is 6.86. The number of morpholine rings is 1. The molecular formula is C18H26N6O3. The van der Waals surface area contributed by atoms with Crippen molar-refractivity contribution >= 4 is 17.6 Å². The van der Waals surface area contributed by atoms with Crippen LogP contribution in [0.1, 0.15) is 18.7 Å². The summed E-state index contributed by atoms with van der Waals surface area (Å²) in [4.78, 5) is 31.7. The van der Waals surface area contributed by atoms with Crippen LogP contribution < -0.4 is 11.1 Å². The Labute approximate surface area is 158 Å². The average Bonchev–Trinajstić information content (AvgIpc) is 3.05. The minimum absolute atomic E-state index is 0.148. The molecule has 3 heterocycles. The normalized spacial score (nSPS) is 18.6. The molecule has 2 aromatic rings. The highest BCUT2D eigenvalue weighted by atomic mass is 16.5. The topological polar surface area (TPSA) is 105 Å². The number of urea groups is 1. The number of likely N-dealkylation sites (N-methyl/N-ethyl adjacent to an activating group) is 1. The zero-order valence-electron chi connectivity index (χ0n) is 15.7. The van der Waals surface area contributed by atoms with Crippen LogP contribution >= 0.6 is 0 Å². The number of amides is 3. The van der Waals surface area contributed by atoms with E-state index in [-0.39, 0.29) is 30.6 Å². The van der Waals surface area contributed by atoms with Crippen molar-refractivity contribution in [1.82, 2.24) is 24.5 Å². The molecule has 27 heavy (non-hydrogen) atoms. The summed E-state index contributed by atoms with van der Waals surface area (Å²) in [6.07, 6.45) is 3.69. The molecule has 0 spiro atoms. The summed E-state index contributed by atoms with van der Waals surface area (Å²) < 4.78 is 7.64. The number of nitrogens with one attached hydrogen (secondary N) is 1. The number of rotatable bonds is 6. The van der Waals surface area contributed by atoms with Crippen LogP contribution in [0.25, 0.3) is 5.65 Å². The SMILES string of the molecule is C[C@@H](NC(=O)N1CCOC(CN(C)CC(N)=O)C1)c1cn2ccccc2n1. The van der Waals surface area contributed by atoms with Gasteiger partial charge in [0.2, 0.25) is 5.91 Å². The molecule has 0 saturated carbocycles. The van der Waals surface area contributed by atoms with Crippen molar-refractivity contribution in [2.45, 2.75) is 19.1 Å². The molecule has 3 N–H and O–H groups in total. The molecule has 9 nitrogen and oxygen atoms in total. The third-order valence-electron chi connectivity index (χ3n) is 4.53. The Morgan fingerprint density at radius 1 is 1.48 bits per heavy atom. The molecule has 1 unspecified atom stereocenters. The van der Waals surface area contributed by atoms with E-state index < -0.39 is 0 Å². The van der Waals surface area contributed by atoms with Gasteiger partial charge in [0.05, 0.1) is 31.0 Å². The van der Waals surface area contributed by atoms with Gasteiger partial charge in [-0.05, 0) is 26.1 Å². The van der Waals surface area contributed by atoms with Crippen LogP contribution in [0.2, 0.25) is 0 Å². The van der Waals surface area contributed by atoms with Gasteiger partial charge >= 0.3 is 6.03 Å². The monoisotopic (exact) mass is 374 g/mol. The standard InChI is InChI=1S/C18H26N6O3/c1-13(15-11-23-6-4-3-5-17(23)21-15)20-18(26)24-7-8-27-14(10-24)9-22(2)12-16(19)25/h3-6,11,13-14H,7-10,12H2,1-2H3,(H2,19,25)(H,20,26)/t13-,14?/m1/s1. The van der Waals surface area contributed by atoms with E-state index in [1.54, 1.807) is 16.8 Å². The van der Waals surface area contributed by atoms with Crippen LogP contribution in [0, 0.1) is 0 Å². The molecular weight excluding hydrogens is 348 g/mol. The lowest BCUT2D eigenvalue weighted by molar-refractivity contribution is -0.119. The number of hydrogen-bond donors (Lipinski definition) is 2. The highest BCUT2D eigenvalue weighted by molar-refractivity contribution is 5.76. The minimum atomic E-state index is -0.385. The second-order valence-corrected chi connectivity index (χ2v) is 6.90. The first-order chi connectivity index (χ1) is 12.9. The van der Waals surface area contributed by atoms with Gasteiger partial charge in [0.25, 0.3) is 0 Å².